The summed E-state index contributed by atoms with van der Waals surface area (Å²) in [5.74, 6) is 1.53. The van der Waals surface area contributed by atoms with Crippen LogP contribution in [-0.2, 0) is 19.3 Å². The first-order valence-electron chi connectivity index (χ1n) is 8.81. The van der Waals surface area contributed by atoms with Crippen LogP contribution in [0.25, 0.3) is 0 Å². The van der Waals surface area contributed by atoms with E-state index in [-0.39, 0.29) is 0 Å². The maximum Gasteiger partial charge on any atom is 0.160 e. The molecule has 2 aromatic rings. The molecule has 4 nitrogen and oxygen atoms in total. The molecule has 0 bridgehead atoms. The summed E-state index contributed by atoms with van der Waals surface area (Å²) in [6.45, 7) is 3.73. The van der Waals surface area contributed by atoms with Crippen molar-refractivity contribution in [3.05, 3.63) is 53.1 Å². The van der Waals surface area contributed by atoms with E-state index in [1.165, 1.54) is 16.7 Å². The molecule has 0 aliphatic heterocycles. The van der Waals surface area contributed by atoms with Gasteiger partial charge in [0.05, 0.1) is 14.2 Å². The molecule has 0 radical (unpaired) electrons. The number of terminal acetylenes is 1. The van der Waals surface area contributed by atoms with Gasteiger partial charge in [-0.15, -0.1) is 12.8 Å². The Bertz CT molecular complexity index is 696. The fourth-order valence-corrected chi connectivity index (χ4v) is 2.86. The van der Waals surface area contributed by atoms with E-state index in [0.717, 1.165) is 43.0 Å². The van der Waals surface area contributed by atoms with E-state index in [4.69, 9.17) is 15.2 Å². The van der Waals surface area contributed by atoms with Gasteiger partial charge in [-0.05, 0) is 66.8 Å². The van der Waals surface area contributed by atoms with Crippen LogP contribution in [0.4, 0.5) is 5.69 Å². The molecule has 0 amide bonds. The van der Waals surface area contributed by atoms with E-state index in [0.29, 0.717) is 6.54 Å². The van der Waals surface area contributed by atoms with Gasteiger partial charge in [0.1, 0.15) is 0 Å². The second-order valence-corrected chi connectivity index (χ2v) is 5.74. The summed E-state index contributed by atoms with van der Waals surface area (Å²) in [6.07, 6.45) is 10.9. The van der Waals surface area contributed by atoms with Gasteiger partial charge in [-0.3, -0.25) is 0 Å². The van der Waals surface area contributed by atoms with Crippen LogP contribution in [0.5, 0.6) is 11.5 Å². The average molecular weight is 354 g/mol. The number of hydrogen-bond acceptors (Lipinski definition) is 4. The first-order valence-corrected chi connectivity index (χ1v) is 8.81. The maximum atomic E-state index is 5.72. The number of hydrogen-bond donors (Lipinski definition) is 2. The maximum absolute atomic E-state index is 5.72. The molecule has 0 aliphatic rings. The number of rotatable bonds is 9. The van der Waals surface area contributed by atoms with Gasteiger partial charge in [0.25, 0.3) is 0 Å². The zero-order valence-corrected chi connectivity index (χ0v) is 16.0. The van der Waals surface area contributed by atoms with E-state index in [1.807, 2.05) is 12.1 Å². The molecule has 26 heavy (non-hydrogen) atoms. The molecular formula is C22H30N2O2. The lowest BCUT2D eigenvalue weighted by Crippen LogP contribution is -2.08. The van der Waals surface area contributed by atoms with Gasteiger partial charge < -0.3 is 20.5 Å². The first kappa shape index (κ1) is 21.4. The molecule has 0 heterocycles. The standard InChI is InChI=1S/C20H28N2O2.C2H2/c1-4-16-6-7-18(14-17(16)9-11-21)22-12-10-15-5-8-19(23-2)20(13-15)24-3;1-2/h5-8,13-14,22H,4,9-12,21H2,1-3H3;1-2H. The Hall–Kier alpha value is -2.64. The Morgan fingerprint density at radius 2 is 1.65 bits per heavy atom. The summed E-state index contributed by atoms with van der Waals surface area (Å²) in [4.78, 5) is 0. The average Bonchev–Trinajstić information content (AvgIpc) is 2.70. The van der Waals surface area contributed by atoms with Crippen LogP contribution >= 0.6 is 0 Å². The molecule has 0 saturated heterocycles. The van der Waals surface area contributed by atoms with E-state index < -0.39 is 0 Å². The fraction of sp³-hybridized carbons (Fsp3) is 0.364. The van der Waals surface area contributed by atoms with Crippen molar-refractivity contribution in [2.24, 2.45) is 5.73 Å². The van der Waals surface area contributed by atoms with E-state index in [9.17, 15) is 0 Å². The molecule has 2 rings (SSSR count). The Kier molecular flexibility index (Phi) is 9.74. The van der Waals surface area contributed by atoms with Gasteiger partial charge >= 0.3 is 0 Å². The van der Waals surface area contributed by atoms with Crippen LogP contribution in [0, 0.1) is 12.8 Å². The van der Waals surface area contributed by atoms with Crippen molar-refractivity contribution in [2.75, 3.05) is 32.6 Å². The van der Waals surface area contributed by atoms with Crippen molar-refractivity contribution >= 4 is 5.69 Å². The SMILES string of the molecule is C#C.CCc1ccc(NCCc2ccc(OC)c(OC)c2)cc1CCN. The van der Waals surface area contributed by atoms with E-state index in [1.54, 1.807) is 14.2 Å². The van der Waals surface area contributed by atoms with Gasteiger partial charge in [-0.2, -0.15) is 0 Å². The summed E-state index contributed by atoms with van der Waals surface area (Å²) in [7, 11) is 3.31. The zero-order valence-electron chi connectivity index (χ0n) is 16.0. The van der Waals surface area contributed by atoms with E-state index in [2.05, 4.69) is 49.4 Å². The Balaban J connectivity index is 0.00000163. The molecule has 0 atom stereocenters. The minimum absolute atomic E-state index is 0.683. The highest BCUT2D eigenvalue weighted by atomic mass is 16.5. The summed E-state index contributed by atoms with van der Waals surface area (Å²) in [6, 6.07) is 12.6. The Labute approximate surface area is 157 Å². The van der Waals surface area contributed by atoms with Crippen LogP contribution < -0.4 is 20.5 Å². The summed E-state index contributed by atoms with van der Waals surface area (Å²) in [5.41, 5.74) is 10.8. The lowest BCUT2D eigenvalue weighted by Gasteiger charge is -2.13. The molecule has 2 aromatic carbocycles. The lowest BCUT2D eigenvalue weighted by molar-refractivity contribution is 0.354. The Morgan fingerprint density at radius 3 is 2.27 bits per heavy atom. The highest BCUT2D eigenvalue weighted by molar-refractivity contribution is 5.49. The minimum Gasteiger partial charge on any atom is -0.493 e. The van der Waals surface area contributed by atoms with Gasteiger partial charge in [0.2, 0.25) is 0 Å². The van der Waals surface area contributed by atoms with Crippen molar-refractivity contribution in [1.82, 2.24) is 0 Å². The first-order chi connectivity index (χ1) is 12.7. The van der Waals surface area contributed by atoms with Gasteiger partial charge in [-0.1, -0.05) is 19.1 Å². The van der Waals surface area contributed by atoms with Crippen molar-refractivity contribution in [3.8, 4) is 24.3 Å². The van der Waals surface area contributed by atoms with Crippen LogP contribution in [0.2, 0.25) is 0 Å². The molecule has 0 spiro atoms. The molecular weight excluding hydrogens is 324 g/mol. The molecule has 4 heteroatoms. The molecule has 0 aromatic heterocycles. The highest BCUT2D eigenvalue weighted by Crippen LogP contribution is 2.27. The largest absolute Gasteiger partial charge is 0.493 e. The van der Waals surface area contributed by atoms with Crippen LogP contribution in [0.1, 0.15) is 23.6 Å². The summed E-state index contributed by atoms with van der Waals surface area (Å²) >= 11 is 0. The highest BCUT2D eigenvalue weighted by Gasteiger charge is 2.05. The van der Waals surface area contributed by atoms with E-state index >= 15 is 0 Å². The second kappa shape index (κ2) is 11.8. The Morgan fingerprint density at radius 1 is 0.923 bits per heavy atom. The molecule has 3 N–H and O–H groups in total. The normalized spacial score (nSPS) is 9.77. The predicted octanol–water partition coefficient (Wildman–Crippen LogP) is 3.67. The summed E-state index contributed by atoms with van der Waals surface area (Å²) in [5, 5.41) is 3.50. The van der Waals surface area contributed by atoms with Crippen molar-refractivity contribution in [2.45, 2.75) is 26.2 Å². The van der Waals surface area contributed by atoms with Gasteiger partial charge in [0, 0.05) is 12.2 Å². The van der Waals surface area contributed by atoms with Crippen LogP contribution in [0.3, 0.4) is 0 Å². The molecule has 140 valence electrons. The third-order valence-electron chi connectivity index (χ3n) is 4.19. The van der Waals surface area contributed by atoms with Crippen LogP contribution in [-0.4, -0.2) is 27.3 Å². The third-order valence-corrected chi connectivity index (χ3v) is 4.19. The van der Waals surface area contributed by atoms with Gasteiger partial charge in [0.15, 0.2) is 11.5 Å². The smallest absolute Gasteiger partial charge is 0.160 e. The molecule has 0 unspecified atom stereocenters. The van der Waals surface area contributed by atoms with Crippen molar-refractivity contribution in [1.29, 1.82) is 0 Å². The monoisotopic (exact) mass is 354 g/mol. The fourth-order valence-electron chi connectivity index (χ4n) is 2.86. The lowest BCUT2D eigenvalue weighted by atomic mass is 10.0. The number of methoxy groups -OCH3 is 2. The number of aryl methyl sites for hydroxylation is 1. The van der Waals surface area contributed by atoms with Crippen LogP contribution in [0.15, 0.2) is 36.4 Å². The zero-order chi connectivity index (χ0) is 19.4. The van der Waals surface area contributed by atoms with Crippen molar-refractivity contribution in [3.63, 3.8) is 0 Å². The molecule has 0 saturated carbocycles. The quantitative estimate of drug-likeness (QED) is 0.675. The number of nitrogens with one attached hydrogen (secondary N) is 1. The second-order valence-electron chi connectivity index (χ2n) is 5.74. The van der Waals surface area contributed by atoms with Crippen molar-refractivity contribution < 1.29 is 9.47 Å². The third kappa shape index (κ3) is 6.02. The number of ether oxygens (including phenoxy) is 2. The number of nitrogens with two attached hydrogens (primary N) is 1. The van der Waals surface area contributed by atoms with Gasteiger partial charge in [-0.25, -0.2) is 0 Å². The topological polar surface area (TPSA) is 56.5 Å². The number of anilines is 1. The predicted molar refractivity (Wildman–Crippen MR) is 110 cm³/mol. The molecule has 0 fully saturated rings. The minimum atomic E-state index is 0.683. The molecule has 0 aliphatic carbocycles. The summed E-state index contributed by atoms with van der Waals surface area (Å²) < 4.78 is 10.6. The number of benzene rings is 2.